The summed E-state index contributed by atoms with van der Waals surface area (Å²) in [5, 5.41) is 2.62. The van der Waals surface area contributed by atoms with Crippen molar-refractivity contribution in [1.29, 1.82) is 0 Å². The molecule has 1 amide bonds. The van der Waals surface area contributed by atoms with Crippen molar-refractivity contribution in [1.82, 2.24) is 4.83 Å². The second kappa shape index (κ2) is 3.85. The molecule has 0 fully saturated rings. The minimum absolute atomic E-state index is 0.319. The molecule has 1 aromatic carbocycles. The molecular formula is C9H11N3O3S. The van der Waals surface area contributed by atoms with Crippen LogP contribution in [-0.4, -0.2) is 20.1 Å². The molecule has 6 nitrogen and oxygen atoms in total. The molecule has 7 heteroatoms. The summed E-state index contributed by atoms with van der Waals surface area (Å²) in [5.74, 6) is 3.52. The molecule has 16 heavy (non-hydrogen) atoms. The molecule has 0 saturated heterocycles. The Bertz CT molecular complexity index is 527. The quantitative estimate of drug-likeness (QED) is 0.491. The van der Waals surface area contributed by atoms with Crippen LogP contribution in [0.15, 0.2) is 24.3 Å². The standard InChI is InChI=1S/C9H11N3O3S/c10-12-16(14,15)5-7-6-3-1-2-4-8(6)11-9(7)13/h1-4,7,12H,5,10H2,(H,11,13). The summed E-state index contributed by atoms with van der Waals surface area (Å²) in [4.78, 5) is 13.3. The molecule has 0 bridgehead atoms. The second-order valence-corrected chi connectivity index (χ2v) is 5.33. The number of anilines is 1. The third-order valence-electron chi connectivity index (χ3n) is 2.48. The lowest BCUT2D eigenvalue weighted by atomic mass is 10.0. The molecule has 0 aromatic heterocycles. The molecule has 0 spiro atoms. The number of para-hydroxylation sites is 1. The molecule has 0 radical (unpaired) electrons. The molecule has 1 atom stereocenters. The predicted molar refractivity (Wildman–Crippen MR) is 58.9 cm³/mol. The lowest BCUT2D eigenvalue weighted by Gasteiger charge is -2.08. The van der Waals surface area contributed by atoms with Crippen LogP contribution in [0.1, 0.15) is 11.5 Å². The number of nitrogens with two attached hydrogens (primary N) is 1. The Morgan fingerprint density at radius 3 is 2.75 bits per heavy atom. The summed E-state index contributed by atoms with van der Waals surface area (Å²) in [6.07, 6.45) is 0. The summed E-state index contributed by atoms with van der Waals surface area (Å²) in [7, 11) is -3.61. The number of benzene rings is 1. The molecule has 86 valence electrons. The third-order valence-corrected chi connectivity index (χ3v) is 3.61. The Kier molecular flexibility index (Phi) is 2.66. The zero-order valence-corrected chi connectivity index (χ0v) is 9.12. The van der Waals surface area contributed by atoms with Gasteiger partial charge in [-0.05, 0) is 11.6 Å². The topological polar surface area (TPSA) is 101 Å². The number of rotatable bonds is 3. The van der Waals surface area contributed by atoms with Gasteiger partial charge in [0.15, 0.2) is 0 Å². The Labute approximate surface area is 92.9 Å². The average molecular weight is 241 g/mol. The minimum Gasteiger partial charge on any atom is -0.325 e. The molecule has 2 rings (SSSR count). The van der Waals surface area contributed by atoms with E-state index in [2.05, 4.69) is 5.32 Å². The van der Waals surface area contributed by atoms with Gasteiger partial charge in [-0.25, -0.2) is 8.42 Å². The zero-order chi connectivity index (χ0) is 11.8. The number of sulfonamides is 1. The van der Waals surface area contributed by atoms with E-state index in [1.54, 1.807) is 29.1 Å². The summed E-state index contributed by atoms with van der Waals surface area (Å²) in [6, 6.07) is 6.99. The maximum absolute atomic E-state index is 11.6. The van der Waals surface area contributed by atoms with Gasteiger partial charge in [0.05, 0.1) is 11.7 Å². The largest absolute Gasteiger partial charge is 0.325 e. The van der Waals surface area contributed by atoms with E-state index in [-0.39, 0.29) is 11.7 Å². The fourth-order valence-corrected chi connectivity index (χ4v) is 2.57. The smallest absolute Gasteiger partial charge is 0.233 e. The van der Waals surface area contributed by atoms with Gasteiger partial charge >= 0.3 is 0 Å². The average Bonchev–Trinajstić information content (AvgIpc) is 2.56. The van der Waals surface area contributed by atoms with Gasteiger partial charge < -0.3 is 5.32 Å². The second-order valence-electron chi connectivity index (χ2n) is 3.53. The van der Waals surface area contributed by atoms with Gasteiger partial charge in [0.1, 0.15) is 0 Å². The van der Waals surface area contributed by atoms with Crippen LogP contribution < -0.4 is 16.0 Å². The highest BCUT2D eigenvalue weighted by Crippen LogP contribution is 2.32. The number of hydrogen-bond acceptors (Lipinski definition) is 4. The van der Waals surface area contributed by atoms with Crippen LogP contribution in [0.25, 0.3) is 0 Å². The van der Waals surface area contributed by atoms with Crippen LogP contribution in [0.5, 0.6) is 0 Å². The fraction of sp³-hybridized carbons (Fsp3) is 0.222. The molecule has 1 aliphatic rings. The van der Waals surface area contributed by atoms with Crippen molar-refractivity contribution in [2.24, 2.45) is 5.84 Å². The van der Waals surface area contributed by atoms with E-state index in [1.807, 2.05) is 0 Å². The van der Waals surface area contributed by atoms with Crippen molar-refractivity contribution in [3.8, 4) is 0 Å². The van der Waals surface area contributed by atoms with Crippen LogP contribution in [0.3, 0.4) is 0 Å². The normalized spacial score (nSPS) is 19.3. The Balaban J connectivity index is 2.33. The van der Waals surface area contributed by atoms with E-state index in [9.17, 15) is 13.2 Å². The third kappa shape index (κ3) is 1.92. The Morgan fingerprint density at radius 1 is 1.38 bits per heavy atom. The number of fused-ring (bicyclic) bond motifs is 1. The van der Waals surface area contributed by atoms with Crippen LogP contribution >= 0.6 is 0 Å². The zero-order valence-electron chi connectivity index (χ0n) is 8.30. The first-order valence-electron chi connectivity index (χ1n) is 4.63. The van der Waals surface area contributed by atoms with E-state index in [0.29, 0.717) is 11.3 Å². The van der Waals surface area contributed by atoms with Crippen molar-refractivity contribution in [2.75, 3.05) is 11.1 Å². The van der Waals surface area contributed by atoms with E-state index >= 15 is 0 Å². The SMILES string of the molecule is NNS(=O)(=O)CC1C(=O)Nc2ccccc21. The molecule has 0 aliphatic carbocycles. The molecule has 1 aromatic rings. The highest BCUT2D eigenvalue weighted by atomic mass is 32.2. The summed E-state index contributed by atoms with van der Waals surface area (Å²) >= 11 is 0. The first kappa shape index (κ1) is 11.1. The molecular weight excluding hydrogens is 230 g/mol. The van der Waals surface area contributed by atoms with Crippen molar-refractivity contribution in [2.45, 2.75) is 5.92 Å². The lowest BCUT2D eigenvalue weighted by molar-refractivity contribution is -0.116. The van der Waals surface area contributed by atoms with Crippen molar-refractivity contribution in [3.05, 3.63) is 29.8 Å². The fourth-order valence-electron chi connectivity index (χ4n) is 1.71. The summed E-state index contributed by atoms with van der Waals surface area (Å²) < 4.78 is 22.6. The number of hydrogen-bond donors (Lipinski definition) is 3. The van der Waals surface area contributed by atoms with Gasteiger partial charge in [-0.3, -0.25) is 10.6 Å². The van der Waals surface area contributed by atoms with E-state index in [1.165, 1.54) is 0 Å². The Morgan fingerprint density at radius 2 is 2.06 bits per heavy atom. The number of carbonyl (C=O) groups is 1. The maximum atomic E-state index is 11.6. The highest BCUT2D eigenvalue weighted by molar-refractivity contribution is 7.89. The van der Waals surface area contributed by atoms with Gasteiger partial charge in [0.2, 0.25) is 15.9 Å². The number of amides is 1. The molecule has 1 aliphatic heterocycles. The van der Waals surface area contributed by atoms with Crippen LogP contribution in [0.2, 0.25) is 0 Å². The first-order chi connectivity index (χ1) is 7.53. The van der Waals surface area contributed by atoms with Crippen molar-refractivity contribution >= 4 is 21.6 Å². The maximum Gasteiger partial charge on any atom is 0.233 e. The summed E-state index contributed by atoms with van der Waals surface area (Å²) in [6.45, 7) is 0. The monoisotopic (exact) mass is 241 g/mol. The molecule has 1 heterocycles. The van der Waals surface area contributed by atoms with Gasteiger partial charge in [0, 0.05) is 5.69 Å². The van der Waals surface area contributed by atoms with E-state index < -0.39 is 15.9 Å². The van der Waals surface area contributed by atoms with Crippen LogP contribution in [-0.2, 0) is 14.8 Å². The highest BCUT2D eigenvalue weighted by Gasteiger charge is 2.33. The van der Waals surface area contributed by atoms with Crippen LogP contribution in [0, 0.1) is 0 Å². The predicted octanol–water partition coefficient (Wildman–Crippen LogP) is -0.485. The minimum atomic E-state index is -3.61. The van der Waals surface area contributed by atoms with E-state index in [0.717, 1.165) is 0 Å². The van der Waals surface area contributed by atoms with Crippen LogP contribution in [0.4, 0.5) is 5.69 Å². The summed E-state index contributed by atoms with van der Waals surface area (Å²) in [5.41, 5.74) is 1.34. The Hall–Kier alpha value is -1.44. The van der Waals surface area contributed by atoms with Crippen molar-refractivity contribution in [3.63, 3.8) is 0 Å². The lowest BCUT2D eigenvalue weighted by Crippen LogP contribution is -2.35. The van der Waals surface area contributed by atoms with Gasteiger partial charge in [-0.2, -0.15) is 4.83 Å². The van der Waals surface area contributed by atoms with E-state index in [4.69, 9.17) is 5.84 Å². The number of carbonyl (C=O) groups excluding carboxylic acids is 1. The number of nitrogens with one attached hydrogen (secondary N) is 2. The molecule has 0 saturated carbocycles. The molecule has 4 N–H and O–H groups in total. The van der Waals surface area contributed by atoms with Gasteiger partial charge in [0.25, 0.3) is 0 Å². The molecule has 1 unspecified atom stereocenters. The van der Waals surface area contributed by atoms with Gasteiger partial charge in [-0.1, -0.05) is 18.2 Å². The first-order valence-corrected chi connectivity index (χ1v) is 6.28. The number of hydrazine groups is 1. The van der Waals surface area contributed by atoms with Gasteiger partial charge in [-0.15, -0.1) is 0 Å². The van der Waals surface area contributed by atoms with Crippen molar-refractivity contribution < 1.29 is 13.2 Å².